The molecule has 0 saturated heterocycles. The summed E-state index contributed by atoms with van der Waals surface area (Å²) in [5.41, 5.74) is 0.509. The third kappa shape index (κ3) is 2.94. The van der Waals surface area contributed by atoms with Crippen LogP contribution in [-0.4, -0.2) is 13.2 Å². The van der Waals surface area contributed by atoms with E-state index in [-0.39, 0.29) is 11.5 Å². The fraction of sp³-hybridized carbons (Fsp3) is 0.273. The van der Waals surface area contributed by atoms with Gasteiger partial charge in [0, 0.05) is 5.56 Å². The average molecular weight is 213 g/mol. The maximum absolute atomic E-state index is 12.1. The summed E-state index contributed by atoms with van der Waals surface area (Å²) in [4.78, 5) is 0. The van der Waals surface area contributed by atoms with Crippen molar-refractivity contribution in [2.75, 3.05) is 6.61 Å². The van der Waals surface area contributed by atoms with E-state index in [2.05, 4.69) is 17.4 Å². The van der Waals surface area contributed by atoms with Crippen molar-refractivity contribution >= 4 is 0 Å². The van der Waals surface area contributed by atoms with E-state index < -0.39 is 6.61 Å². The Kier molecular flexibility index (Phi) is 4.09. The Bertz CT molecular complexity index is 337. The van der Waals surface area contributed by atoms with E-state index in [1.807, 2.05) is 0 Å². The van der Waals surface area contributed by atoms with Gasteiger partial charge in [0.15, 0.2) is 11.5 Å². The Morgan fingerprint density at radius 3 is 2.73 bits per heavy atom. The van der Waals surface area contributed by atoms with Gasteiger partial charge in [-0.2, -0.15) is 8.78 Å². The van der Waals surface area contributed by atoms with Crippen LogP contribution in [0.3, 0.4) is 0 Å². The average Bonchev–Trinajstić information content (AvgIpc) is 2.20. The molecule has 0 bridgehead atoms. The minimum absolute atomic E-state index is 0.000463. The first-order valence-electron chi connectivity index (χ1n) is 4.42. The van der Waals surface area contributed by atoms with Crippen molar-refractivity contribution in [3.63, 3.8) is 0 Å². The van der Waals surface area contributed by atoms with Gasteiger partial charge in [0.25, 0.3) is 0 Å². The van der Waals surface area contributed by atoms with E-state index in [1.54, 1.807) is 19.1 Å². The lowest BCUT2D eigenvalue weighted by Gasteiger charge is -2.12. The minimum Gasteiger partial charge on any atom is -0.489 e. The van der Waals surface area contributed by atoms with Crippen LogP contribution >= 0.6 is 0 Å². The van der Waals surface area contributed by atoms with E-state index in [0.717, 1.165) is 0 Å². The molecule has 2 nitrogen and oxygen atoms in total. The van der Waals surface area contributed by atoms with E-state index in [9.17, 15) is 8.78 Å². The number of hydrogen-bond acceptors (Lipinski definition) is 2. The zero-order valence-electron chi connectivity index (χ0n) is 8.30. The van der Waals surface area contributed by atoms with Crippen LogP contribution < -0.4 is 9.47 Å². The number of rotatable bonds is 5. The third-order valence-electron chi connectivity index (χ3n) is 1.67. The van der Waals surface area contributed by atoms with Crippen molar-refractivity contribution in [1.29, 1.82) is 0 Å². The predicted molar refractivity (Wildman–Crippen MR) is 52.2 cm³/mol. The standard InChI is InChI=1S/C11H11F2O2/c1-3-8-6-5-7-9(15-11(12)13)10(8)14-4-2/h5-7,11H,1,4H2,2H3. The van der Waals surface area contributed by atoms with E-state index in [0.29, 0.717) is 12.2 Å². The number of benzene rings is 1. The molecule has 15 heavy (non-hydrogen) atoms. The molecule has 0 fully saturated rings. The van der Waals surface area contributed by atoms with Crippen molar-refractivity contribution in [1.82, 2.24) is 0 Å². The Balaban J connectivity index is 3.06. The second kappa shape index (κ2) is 5.34. The molecule has 1 aromatic rings. The maximum Gasteiger partial charge on any atom is 0.387 e. The zero-order chi connectivity index (χ0) is 11.3. The Morgan fingerprint density at radius 1 is 1.47 bits per heavy atom. The second-order valence-electron chi connectivity index (χ2n) is 2.62. The largest absolute Gasteiger partial charge is 0.489 e. The highest BCUT2D eigenvalue weighted by Crippen LogP contribution is 2.32. The van der Waals surface area contributed by atoms with Gasteiger partial charge in [-0.1, -0.05) is 18.7 Å². The van der Waals surface area contributed by atoms with Crippen LogP contribution in [0.1, 0.15) is 12.5 Å². The number of ether oxygens (including phenoxy) is 2. The van der Waals surface area contributed by atoms with Crippen LogP contribution in [0, 0.1) is 6.08 Å². The van der Waals surface area contributed by atoms with Crippen molar-refractivity contribution in [3.8, 4) is 11.5 Å². The summed E-state index contributed by atoms with van der Waals surface area (Å²) >= 11 is 0. The molecule has 0 aliphatic rings. The topological polar surface area (TPSA) is 18.5 Å². The normalized spacial score (nSPS) is 10.1. The molecular formula is C11H11F2O2. The fourth-order valence-electron chi connectivity index (χ4n) is 1.14. The first-order valence-corrected chi connectivity index (χ1v) is 4.42. The van der Waals surface area contributed by atoms with E-state index in [4.69, 9.17) is 4.74 Å². The highest BCUT2D eigenvalue weighted by atomic mass is 19.3. The Hall–Kier alpha value is -1.58. The summed E-state index contributed by atoms with van der Waals surface area (Å²) < 4.78 is 33.6. The summed E-state index contributed by atoms with van der Waals surface area (Å²) in [6, 6.07) is 4.65. The molecule has 0 saturated carbocycles. The first kappa shape index (κ1) is 11.5. The van der Waals surface area contributed by atoms with Crippen LogP contribution in [0.5, 0.6) is 11.5 Å². The van der Waals surface area contributed by atoms with E-state index in [1.165, 1.54) is 6.07 Å². The maximum atomic E-state index is 12.1. The Labute approximate surface area is 87.1 Å². The molecule has 0 amide bonds. The van der Waals surface area contributed by atoms with Gasteiger partial charge in [-0.3, -0.25) is 0 Å². The molecule has 1 radical (unpaired) electrons. The minimum atomic E-state index is -2.87. The highest BCUT2D eigenvalue weighted by Gasteiger charge is 2.12. The molecule has 4 heteroatoms. The third-order valence-corrected chi connectivity index (χ3v) is 1.67. The lowest BCUT2D eigenvalue weighted by atomic mass is 10.2. The predicted octanol–water partition coefficient (Wildman–Crippen LogP) is 3.02. The van der Waals surface area contributed by atoms with Gasteiger partial charge in [0.05, 0.1) is 6.61 Å². The molecule has 0 aromatic heterocycles. The van der Waals surface area contributed by atoms with Gasteiger partial charge in [-0.05, 0) is 19.1 Å². The number of hydrogen-bond donors (Lipinski definition) is 0. The SMILES string of the molecule is C=[C]c1cccc(OC(F)F)c1OCC. The first-order chi connectivity index (χ1) is 7.19. The van der Waals surface area contributed by atoms with E-state index >= 15 is 0 Å². The molecule has 1 rings (SSSR count). The van der Waals surface area contributed by atoms with Crippen LogP contribution in [0.15, 0.2) is 24.8 Å². The highest BCUT2D eigenvalue weighted by molar-refractivity contribution is 5.49. The molecule has 0 heterocycles. The Morgan fingerprint density at radius 2 is 2.20 bits per heavy atom. The van der Waals surface area contributed by atoms with Gasteiger partial charge >= 0.3 is 6.61 Å². The van der Waals surface area contributed by atoms with Crippen LogP contribution in [0.4, 0.5) is 8.78 Å². The zero-order valence-corrected chi connectivity index (χ0v) is 8.30. The lowest BCUT2D eigenvalue weighted by molar-refractivity contribution is -0.0514. The quantitative estimate of drug-likeness (QED) is 0.748. The molecule has 0 N–H and O–H groups in total. The molecule has 0 unspecified atom stereocenters. The molecule has 81 valence electrons. The second-order valence-corrected chi connectivity index (χ2v) is 2.62. The molecule has 0 aliphatic carbocycles. The fourth-order valence-corrected chi connectivity index (χ4v) is 1.14. The van der Waals surface area contributed by atoms with Gasteiger partial charge in [-0.15, -0.1) is 0 Å². The van der Waals surface area contributed by atoms with Crippen molar-refractivity contribution in [3.05, 3.63) is 36.4 Å². The smallest absolute Gasteiger partial charge is 0.387 e. The molecule has 0 atom stereocenters. The summed E-state index contributed by atoms with van der Waals surface area (Å²) in [7, 11) is 0. The van der Waals surface area contributed by atoms with Crippen molar-refractivity contribution in [2.24, 2.45) is 0 Å². The summed E-state index contributed by atoms with van der Waals surface area (Å²) in [6.07, 6.45) is 2.59. The lowest BCUT2D eigenvalue weighted by Crippen LogP contribution is -2.05. The number of alkyl halides is 2. The summed E-state index contributed by atoms with van der Waals surface area (Å²) in [6.45, 7) is 2.69. The number of halogens is 2. The van der Waals surface area contributed by atoms with Crippen molar-refractivity contribution in [2.45, 2.75) is 13.5 Å². The molecule has 0 spiro atoms. The monoisotopic (exact) mass is 213 g/mol. The van der Waals surface area contributed by atoms with Crippen LogP contribution in [-0.2, 0) is 0 Å². The van der Waals surface area contributed by atoms with Gasteiger partial charge in [-0.25, -0.2) is 0 Å². The molecular weight excluding hydrogens is 202 g/mol. The van der Waals surface area contributed by atoms with Crippen molar-refractivity contribution < 1.29 is 18.3 Å². The summed E-state index contributed by atoms with van der Waals surface area (Å²) in [5, 5.41) is 0. The number of para-hydroxylation sites is 1. The van der Waals surface area contributed by atoms with Gasteiger partial charge in [0.2, 0.25) is 0 Å². The summed E-state index contributed by atoms with van der Waals surface area (Å²) in [5.74, 6) is 0.246. The van der Waals surface area contributed by atoms with Crippen LogP contribution in [0.25, 0.3) is 0 Å². The molecule has 0 aliphatic heterocycles. The van der Waals surface area contributed by atoms with Gasteiger partial charge in [0.1, 0.15) is 0 Å². The molecule has 1 aromatic carbocycles. The van der Waals surface area contributed by atoms with Crippen LogP contribution in [0.2, 0.25) is 0 Å². The van der Waals surface area contributed by atoms with Gasteiger partial charge < -0.3 is 9.47 Å².